The Kier molecular flexibility index (Phi) is 6.08. The van der Waals surface area contributed by atoms with E-state index in [1.54, 1.807) is 10.8 Å². The van der Waals surface area contributed by atoms with Crippen molar-refractivity contribution in [1.82, 2.24) is 19.8 Å². The summed E-state index contributed by atoms with van der Waals surface area (Å²) >= 11 is 6.17. The Balaban J connectivity index is 1.12. The Bertz CT molecular complexity index is 1250. The highest BCUT2D eigenvalue weighted by molar-refractivity contribution is 6.31. The van der Waals surface area contributed by atoms with Crippen LogP contribution in [0.2, 0.25) is 5.02 Å². The van der Waals surface area contributed by atoms with Crippen molar-refractivity contribution in [3.8, 4) is 5.75 Å². The number of ether oxygens (including phenoxy) is 1. The molecule has 168 valence electrons. The third kappa shape index (κ3) is 4.90. The summed E-state index contributed by atoms with van der Waals surface area (Å²) in [5.41, 5.74) is 2.40. The topological polar surface area (TPSA) is 84.6 Å². The van der Waals surface area contributed by atoms with E-state index in [4.69, 9.17) is 16.3 Å². The van der Waals surface area contributed by atoms with Crippen LogP contribution in [-0.4, -0.2) is 38.8 Å². The first-order valence-electron chi connectivity index (χ1n) is 10.8. The van der Waals surface area contributed by atoms with Gasteiger partial charge in [0.1, 0.15) is 24.5 Å². The van der Waals surface area contributed by atoms with Gasteiger partial charge < -0.3 is 15.0 Å². The Morgan fingerprint density at radius 1 is 1.06 bits per heavy atom. The second-order valence-electron chi connectivity index (χ2n) is 7.98. The van der Waals surface area contributed by atoms with E-state index in [1.165, 1.54) is 0 Å². The Morgan fingerprint density at radius 3 is 2.64 bits per heavy atom. The average Bonchev–Trinajstić information content (AvgIpc) is 3.32. The number of aromatic nitrogens is 4. The summed E-state index contributed by atoms with van der Waals surface area (Å²) < 4.78 is 7.47. The van der Waals surface area contributed by atoms with Crippen LogP contribution in [0, 0.1) is 5.92 Å². The summed E-state index contributed by atoms with van der Waals surface area (Å²) in [5, 5.41) is 16.1. The van der Waals surface area contributed by atoms with Gasteiger partial charge in [-0.15, -0.1) is 15.3 Å². The van der Waals surface area contributed by atoms with Crippen molar-refractivity contribution in [3.05, 3.63) is 77.6 Å². The highest BCUT2D eigenvalue weighted by Crippen LogP contribution is 2.24. The van der Waals surface area contributed by atoms with Gasteiger partial charge in [0.05, 0.1) is 0 Å². The number of nitrogens with one attached hydrogen (secondary N) is 1. The molecule has 8 nitrogen and oxygen atoms in total. The molecule has 1 aliphatic rings. The van der Waals surface area contributed by atoms with Crippen LogP contribution >= 0.6 is 11.6 Å². The minimum absolute atomic E-state index is 0.0314. The van der Waals surface area contributed by atoms with Crippen molar-refractivity contribution in [1.29, 1.82) is 0 Å². The number of carbonyl (C=O) groups excluding carboxylic acids is 1. The third-order valence-electron chi connectivity index (χ3n) is 5.81. The lowest BCUT2D eigenvalue weighted by molar-refractivity contribution is -0.120. The molecular formula is C24H23ClN6O2. The summed E-state index contributed by atoms with van der Waals surface area (Å²) in [6.07, 6.45) is 3.13. The molecule has 0 aliphatic carbocycles. The fourth-order valence-electron chi connectivity index (χ4n) is 3.91. The van der Waals surface area contributed by atoms with E-state index < -0.39 is 0 Å². The minimum atomic E-state index is -0.0314. The number of piperidine rings is 1. The number of hydrogen-bond donors (Lipinski definition) is 1. The zero-order valence-electron chi connectivity index (χ0n) is 17.9. The molecule has 9 heteroatoms. The van der Waals surface area contributed by atoms with Crippen LogP contribution in [0.3, 0.4) is 0 Å². The SMILES string of the molecule is O=C(Nc1ccc(OCc2ccccc2Cl)cc1)C1CCN(c2ccc3nncn3n2)CC1. The molecule has 33 heavy (non-hydrogen) atoms. The lowest BCUT2D eigenvalue weighted by atomic mass is 9.96. The predicted molar refractivity (Wildman–Crippen MR) is 127 cm³/mol. The van der Waals surface area contributed by atoms with Gasteiger partial charge in [0.15, 0.2) is 5.65 Å². The normalized spacial score (nSPS) is 14.4. The number of nitrogens with zero attached hydrogens (tertiary/aromatic N) is 5. The average molecular weight is 463 g/mol. The molecule has 2 aromatic carbocycles. The number of benzene rings is 2. The molecule has 4 aromatic rings. The fourth-order valence-corrected chi connectivity index (χ4v) is 4.10. The second kappa shape index (κ2) is 9.46. The fraction of sp³-hybridized carbons (Fsp3) is 0.250. The molecule has 0 spiro atoms. The molecule has 1 saturated heterocycles. The smallest absolute Gasteiger partial charge is 0.227 e. The van der Waals surface area contributed by atoms with Gasteiger partial charge in [0.2, 0.25) is 5.91 Å². The molecule has 0 bridgehead atoms. The third-order valence-corrected chi connectivity index (χ3v) is 6.18. The molecule has 3 heterocycles. The van der Waals surface area contributed by atoms with Gasteiger partial charge >= 0.3 is 0 Å². The quantitative estimate of drug-likeness (QED) is 0.462. The standard InChI is InChI=1S/C24H23ClN6O2/c25-21-4-2-1-3-18(21)15-33-20-7-5-19(6-8-20)27-24(32)17-11-13-30(14-12-17)23-10-9-22-28-26-16-31(22)29-23/h1-10,16-17H,11-15H2,(H,27,32). The maximum atomic E-state index is 12.8. The van der Waals surface area contributed by atoms with Crippen LogP contribution in [0.5, 0.6) is 5.75 Å². The largest absolute Gasteiger partial charge is 0.489 e. The minimum Gasteiger partial charge on any atom is -0.489 e. The van der Waals surface area contributed by atoms with E-state index in [9.17, 15) is 4.79 Å². The van der Waals surface area contributed by atoms with E-state index in [1.807, 2.05) is 60.7 Å². The maximum absolute atomic E-state index is 12.8. The van der Waals surface area contributed by atoms with Gasteiger partial charge in [-0.25, -0.2) is 0 Å². The summed E-state index contributed by atoms with van der Waals surface area (Å²) in [6.45, 7) is 1.93. The predicted octanol–water partition coefficient (Wildman–Crippen LogP) is 4.21. The molecular weight excluding hydrogens is 440 g/mol. The summed E-state index contributed by atoms with van der Waals surface area (Å²) in [4.78, 5) is 15.0. The van der Waals surface area contributed by atoms with Gasteiger partial charge in [-0.2, -0.15) is 4.52 Å². The van der Waals surface area contributed by atoms with Crippen LogP contribution in [0.25, 0.3) is 5.65 Å². The van der Waals surface area contributed by atoms with Gasteiger partial charge in [-0.3, -0.25) is 4.79 Å². The first kappa shape index (κ1) is 21.2. The van der Waals surface area contributed by atoms with Crippen molar-refractivity contribution >= 4 is 34.7 Å². The zero-order chi connectivity index (χ0) is 22.6. The van der Waals surface area contributed by atoms with E-state index in [0.717, 1.165) is 48.7 Å². The van der Waals surface area contributed by atoms with Crippen LogP contribution in [0.4, 0.5) is 11.5 Å². The first-order chi connectivity index (χ1) is 16.2. The van der Waals surface area contributed by atoms with Gasteiger partial charge in [-0.1, -0.05) is 29.8 Å². The van der Waals surface area contributed by atoms with Crippen molar-refractivity contribution in [2.75, 3.05) is 23.3 Å². The summed E-state index contributed by atoms with van der Waals surface area (Å²) in [7, 11) is 0. The van der Waals surface area contributed by atoms with Crippen LogP contribution in [0.15, 0.2) is 67.0 Å². The number of hydrogen-bond acceptors (Lipinski definition) is 6. The number of carbonyl (C=O) groups is 1. The van der Waals surface area contributed by atoms with Crippen molar-refractivity contribution in [2.24, 2.45) is 5.92 Å². The van der Waals surface area contributed by atoms with Crippen LogP contribution in [0.1, 0.15) is 18.4 Å². The first-order valence-corrected chi connectivity index (χ1v) is 11.2. The van der Waals surface area contributed by atoms with E-state index in [0.29, 0.717) is 17.3 Å². The molecule has 1 fully saturated rings. The molecule has 0 radical (unpaired) electrons. The number of amides is 1. The molecule has 5 rings (SSSR count). The van der Waals surface area contributed by atoms with Gasteiger partial charge in [0.25, 0.3) is 0 Å². The van der Waals surface area contributed by atoms with Crippen molar-refractivity contribution in [2.45, 2.75) is 19.4 Å². The Hall–Kier alpha value is -3.65. The van der Waals surface area contributed by atoms with E-state index in [-0.39, 0.29) is 11.8 Å². The highest BCUT2D eigenvalue weighted by Gasteiger charge is 2.26. The van der Waals surface area contributed by atoms with Crippen LogP contribution in [-0.2, 0) is 11.4 Å². The van der Waals surface area contributed by atoms with Crippen molar-refractivity contribution in [3.63, 3.8) is 0 Å². The van der Waals surface area contributed by atoms with Gasteiger partial charge in [0, 0.05) is 35.3 Å². The number of rotatable bonds is 6. The monoisotopic (exact) mass is 462 g/mol. The summed E-state index contributed by atoms with van der Waals surface area (Å²) in [5.74, 6) is 1.60. The van der Waals surface area contributed by atoms with E-state index in [2.05, 4.69) is 25.5 Å². The molecule has 2 aromatic heterocycles. The number of halogens is 1. The lowest BCUT2D eigenvalue weighted by Crippen LogP contribution is -2.38. The second-order valence-corrected chi connectivity index (χ2v) is 8.39. The summed E-state index contributed by atoms with van der Waals surface area (Å²) in [6, 6.07) is 18.9. The van der Waals surface area contributed by atoms with Crippen molar-refractivity contribution < 1.29 is 9.53 Å². The highest BCUT2D eigenvalue weighted by atomic mass is 35.5. The van der Waals surface area contributed by atoms with Crippen LogP contribution < -0.4 is 15.0 Å². The number of anilines is 2. The lowest BCUT2D eigenvalue weighted by Gasteiger charge is -2.32. The Labute approximate surface area is 196 Å². The number of fused-ring (bicyclic) bond motifs is 1. The van der Waals surface area contributed by atoms with Gasteiger partial charge in [-0.05, 0) is 55.3 Å². The molecule has 0 unspecified atom stereocenters. The van der Waals surface area contributed by atoms with E-state index >= 15 is 0 Å². The Morgan fingerprint density at radius 2 is 1.85 bits per heavy atom. The zero-order valence-corrected chi connectivity index (χ0v) is 18.7. The molecule has 0 saturated carbocycles. The molecule has 1 N–H and O–H groups in total. The molecule has 0 atom stereocenters. The molecule has 1 amide bonds. The maximum Gasteiger partial charge on any atom is 0.227 e. The molecule has 1 aliphatic heterocycles.